The molecule has 0 aliphatic carbocycles. The largest absolute Gasteiger partial charge is 0.465 e. The van der Waals surface area contributed by atoms with Crippen LogP contribution in [0.25, 0.3) is 44.7 Å². The molecule has 6 N–H and O–H groups in total. The number of benzene rings is 3. The Hall–Kier alpha value is -6.78. The van der Waals surface area contributed by atoms with Gasteiger partial charge in [0.05, 0.1) is 59.2 Å². The number of carboxylic acid groups (broad SMARTS) is 2. The summed E-state index contributed by atoms with van der Waals surface area (Å²) in [6, 6.07) is 23.2. The number of imidazole rings is 2. The van der Waals surface area contributed by atoms with Crippen LogP contribution in [-0.4, -0.2) is 93.7 Å². The van der Waals surface area contributed by atoms with Crippen LogP contribution in [-0.2, 0) is 9.59 Å². The maximum atomic E-state index is 13.0. The van der Waals surface area contributed by atoms with Gasteiger partial charge < -0.3 is 29.5 Å². The molecule has 3 aliphatic rings. The summed E-state index contributed by atoms with van der Waals surface area (Å²) in [4.78, 5) is 69.4. The topological polar surface area (TPSA) is 211 Å². The first-order chi connectivity index (χ1) is 30.4. The first kappa shape index (κ1) is 41.6. The summed E-state index contributed by atoms with van der Waals surface area (Å²) in [5.74, 6) is 0.902. The molecule has 0 bridgehead atoms. The second kappa shape index (κ2) is 16.8. The average molecular weight is 854 g/mol. The van der Waals surface area contributed by atoms with Crippen LogP contribution in [0.3, 0.4) is 0 Å². The molecule has 0 radical (unpaired) electrons. The molecule has 2 saturated heterocycles. The fraction of sp³-hybridized carbons (Fsp3) is 0.362. The third kappa shape index (κ3) is 7.84. The number of rotatable bonds is 11. The number of fused-ring (bicyclic) bond motifs is 5. The number of aromatic nitrogens is 5. The van der Waals surface area contributed by atoms with Crippen molar-refractivity contribution in [3.63, 3.8) is 0 Å². The van der Waals surface area contributed by atoms with Gasteiger partial charge in [0.15, 0.2) is 0 Å². The van der Waals surface area contributed by atoms with Gasteiger partial charge in [0.2, 0.25) is 18.0 Å². The standard InChI is InChI=1S/C47H51N9O7/c1-25(2)39(43(57)52-46(59)60)54-18-8-12-35(54)41-48-23-32(50-41)28-15-17-34-30(20-28)21-37-31-16-14-29(22-38(31)63-45(56(34)37)27-10-6-5-7-11-27)33-24-49-42(51-33)36-13-9-19-55(36)40(26(3)4)44(58)53-47(61)62/h5-7,10-11,14-17,20-26,35-36,39-40,45H,8-9,12-13,18-19H2,1-4H3,(H,48,50)(H,49,51)(H,52,57)(H,53,58)(H,59,60)(H,61,62)/t35?,36?,39-,40-,45-/m0/s1. The van der Waals surface area contributed by atoms with E-state index >= 15 is 0 Å². The smallest absolute Gasteiger partial charge is 0.411 e. The van der Waals surface area contributed by atoms with E-state index in [1.54, 1.807) is 6.20 Å². The second-order valence-corrected chi connectivity index (χ2v) is 17.4. The number of nitrogens with one attached hydrogen (secondary N) is 4. The molecule has 3 aromatic heterocycles. The van der Waals surface area contributed by atoms with Crippen molar-refractivity contribution >= 4 is 34.9 Å². The molecule has 16 nitrogen and oxygen atoms in total. The molecule has 2 fully saturated rings. The number of ether oxygens (including phenoxy) is 1. The van der Waals surface area contributed by atoms with Gasteiger partial charge in [-0.05, 0) is 80.9 Å². The molecule has 3 aromatic carbocycles. The number of carbonyl (C=O) groups excluding carboxylic acids is 2. The van der Waals surface area contributed by atoms with Crippen molar-refractivity contribution in [2.75, 3.05) is 13.1 Å². The van der Waals surface area contributed by atoms with E-state index in [9.17, 15) is 29.4 Å². The van der Waals surface area contributed by atoms with E-state index in [0.29, 0.717) is 13.1 Å². The van der Waals surface area contributed by atoms with Gasteiger partial charge in [-0.3, -0.25) is 30.0 Å². The summed E-state index contributed by atoms with van der Waals surface area (Å²) < 4.78 is 9.15. The predicted octanol–water partition coefficient (Wildman–Crippen LogP) is 7.94. The number of aromatic amines is 2. The molecule has 6 aromatic rings. The number of nitrogens with zero attached hydrogens (tertiary/aromatic N) is 5. The molecular weight excluding hydrogens is 803 g/mol. The number of imide groups is 2. The minimum absolute atomic E-state index is 0.108. The van der Waals surface area contributed by atoms with Crippen LogP contribution in [0.4, 0.5) is 9.59 Å². The predicted molar refractivity (Wildman–Crippen MR) is 235 cm³/mol. The molecule has 4 amide bonds. The summed E-state index contributed by atoms with van der Waals surface area (Å²) in [5, 5.41) is 23.7. The zero-order valence-corrected chi connectivity index (χ0v) is 35.5. The van der Waals surface area contributed by atoms with Crippen LogP contribution in [0.5, 0.6) is 5.75 Å². The highest BCUT2D eigenvalue weighted by molar-refractivity contribution is 5.95. The summed E-state index contributed by atoms with van der Waals surface area (Å²) >= 11 is 0. The molecule has 6 heterocycles. The lowest BCUT2D eigenvalue weighted by atomic mass is 10.0. The quantitative estimate of drug-likeness (QED) is 0.0737. The maximum Gasteiger partial charge on any atom is 0.411 e. The van der Waals surface area contributed by atoms with Crippen LogP contribution in [0.15, 0.2) is 85.2 Å². The van der Waals surface area contributed by atoms with Gasteiger partial charge >= 0.3 is 12.2 Å². The monoisotopic (exact) mass is 853 g/mol. The lowest BCUT2D eigenvalue weighted by Gasteiger charge is -2.33. The summed E-state index contributed by atoms with van der Waals surface area (Å²) in [6.07, 6.45) is 3.73. The first-order valence-electron chi connectivity index (χ1n) is 21.6. The number of amides is 4. The van der Waals surface area contributed by atoms with Crippen LogP contribution in [0, 0.1) is 11.8 Å². The maximum absolute atomic E-state index is 13.0. The van der Waals surface area contributed by atoms with Gasteiger partial charge in [0.25, 0.3) is 0 Å². The Balaban J connectivity index is 1.02. The molecule has 3 aliphatic heterocycles. The second-order valence-electron chi connectivity index (χ2n) is 17.4. The Morgan fingerprint density at radius 2 is 1.25 bits per heavy atom. The zero-order valence-electron chi connectivity index (χ0n) is 35.5. The lowest BCUT2D eigenvalue weighted by Crippen LogP contribution is -2.50. The molecule has 5 atom stereocenters. The van der Waals surface area contributed by atoms with E-state index in [1.807, 2.05) is 64.2 Å². The molecular formula is C47H51N9O7. The van der Waals surface area contributed by atoms with Crippen molar-refractivity contribution in [1.82, 2.24) is 44.9 Å². The first-order valence-corrected chi connectivity index (χ1v) is 21.6. The molecule has 0 saturated carbocycles. The van der Waals surface area contributed by atoms with E-state index < -0.39 is 42.3 Å². The number of H-pyrrole nitrogens is 2. The SMILES string of the molecule is CC(C)[C@@H](C(=O)NC(=O)O)N1CCCC1c1ncc(-c2ccc3c(c2)O[C@@H](c2ccccc2)n2c-3cc3cc(-c4cnc(C5CCCN5[C@H](C(=O)NC(=O)O)C(C)C)[nH]4)ccc32)[nH]1. The van der Waals surface area contributed by atoms with E-state index in [1.165, 1.54) is 0 Å². The van der Waals surface area contributed by atoms with Gasteiger partial charge in [-0.25, -0.2) is 19.6 Å². The van der Waals surface area contributed by atoms with Gasteiger partial charge in [0, 0.05) is 27.6 Å². The van der Waals surface area contributed by atoms with Gasteiger partial charge in [-0.15, -0.1) is 0 Å². The third-order valence-electron chi connectivity index (χ3n) is 12.7. The highest BCUT2D eigenvalue weighted by atomic mass is 16.5. The number of hydrogen-bond acceptors (Lipinski definition) is 9. The summed E-state index contributed by atoms with van der Waals surface area (Å²) in [5.41, 5.74) is 7.40. The minimum atomic E-state index is -1.36. The van der Waals surface area contributed by atoms with Crippen molar-refractivity contribution in [2.45, 2.75) is 83.8 Å². The summed E-state index contributed by atoms with van der Waals surface area (Å²) in [6.45, 7) is 9.00. The van der Waals surface area contributed by atoms with Gasteiger partial charge in [0.1, 0.15) is 17.4 Å². The van der Waals surface area contributed by atoms with Crippen molar-refractivity contribution in [2.24, 2.45) is 11.8 Å². The van der Waals surface area contributed by atoms with Crippen LogP contribution in [0.2, 0.25) is 0 Å². The van der Waals surface area contributed by atoms with Crippen molar-refractivity contribution in [3.8, 4) is 39.5 Å². The Morgan fingerprint density at radius 1 is 0.714 bits per heavy atom. The molecule has 0 spiro atoms. The van der Waals surface area contributed by atoms with Crippen LogP contribution in [0.1, 0.15) is 88.9 Å². The van der Waals surface area contributed by atoms with Gasteiger partial charge in [-0.1, -0.05) is 70.2 Å². The zero-order chi connectivity index (χ0) is 44.1. The fourth-order valence-electron chi connectivity index (χ4n) is 10.0. The summed E-state index contributed by atoms with van der Waals surface area (Å²) in [7, 11) is 0. The van der Waals surface area contributed by atoms with Crippen molar-refractivity contribution < 1.29 is 34.1 Å². The molecule has 16 heteroatoms. The van der Waals surface area contributed by atoms with E-state index in [-0.39, 0.29) is 23.9 Å². The van der Waals surface area contributed by atoms with Crippen LogP contribution < -0.4 is 15.4 Å². The number of likely N-dealkylation sites (tertiary alicyclic amines) is 2. The van der Waals surface area contributed by atoms with Crippen molar-refractivity contribution in [3.05, 3.63) is 102 Å². The number of hydrogen-bond donors (Lipinski definition) is 6. The lowest BCUT2D eigenvalue weighted by molar-refractivity contribution is -0.128. The Kier molecular flexibility index (Phi) is 11.1. The highest BCUT2D eigenvalue weighted by Crippen LogP contribution is 2.46. The third-order valence-corrected chi connectivity index (χ3v) is 12.7. The minimum Gasteiger partial charge on any atom is -0.465 e. The van der Waals surface area contributed by atoms with Crippen molar-refractivity contribution in [1.29, 1.82) is 0 Å². The molecule has 2 unspecified atom stereocenters. The van der Waals surface area contributed by atoms with E-state index in [0.717, 1.165) is 93.3 Å². The van der Waals surface area contributed by atoms with E-state index in [4.69, 9.17) is 14.7 Å². The van der Waals surface area contributed by atoms with E-state index in [2.05, 4.69) is 77.4 Å². The molecule has 326 valence electrons. The Morgan fingerprint density at radius 3 is 1.79 bits per heavy atom. The Bertz CT molecular complexity index is 2700. The number of carbonyl (C=O) groups is 4. The van der Waals surface area contributed by atoms with Crippen LogP contribution >= 0.6 is 0 Å². The fourth-order valence-corrected chi connectivity index (χ4v) is 10.0. The molecule has 63 heavy (non-hydrogen) atoms. The highest BCUT2D eigenvalue weighted by Gasteiger charge is 2.41. The van der Waals surface area contributed by atoms with Gasteiger partial charge in [-0.2, -0.15) is 0 Å². The normalized spacial score (nSPS) is 19.7. The Labute approximate surface area is 363 Å². The molecule has 9 rings (SSSR count). The average Bonchev–Trinajstić information content (AvgIpc) is 4.10.